The summed E-state index contributed by atoms with van der Waals surface area (Å²) in [6, 6.07) is 5.51. The summed E-state index contributed by atoms with van der Waals surface area (Å²) in [6.45, 7) is -0.179. The van der Waals surface area contributed by atoms with E-state index in [-0.39, 0.29) is 18.6 Å². The van der Waals surface area contributed by atoms with E-state index < -0.39 is 17.4 Å². The Morgan fingerprint density at radius 1 is 1.18 bits per heavy atom. The normalized spacial score (nSPS) is 24.7. The Kier molecular flexibility index (Phi) is 5.88. The van der Waals surface area contributed by atoms with Crippen LogP contribution >= 0.6 is 0 Å². The Hall–Kier alpha value is -2.22. The van der Waals surface area contributed by atoms with Crippen molar-refractivity contribution in [3.8, 4) is 5.75 Å². The molecule has 6 nitrogen and oxygen atoms in total. The van der Waals surface area contributed by atoms with Gasteiger partial charge in [-0.25, -0.2) is 0 Å². The Bertz CT molecular complexity index is 710. The highest BCUT2D eigenvalue weighted by Gasteiger charge is 2.44. The van der Waals surface area contributed by atoms with Crippen molar-refractivity contribution in [2.24, 2.45) is 0 Å². The molecule has 0 saturated carbocycles. The second-order valence-corrected chi connectivity index (χ2v) is 7.87. The van der Waals surface area contributed by atoms with Crippen LogP contribution in [0, 0.1) is 0 Å². The fraction of sp³-hybridized carbons (Fsp3) is 0.600. The molecule has 2 saturated heterocycles. The average Bonchev–Trinajstić information content (AvgIpc) is 2.87. The minimum atomic E-state index is -3.62. The molecular weight excluding hydrogens is 368 g/mol. The van der Waals surface area contributed by atoms with Crippen LogP contribution in [0.3, 0.4) is 0 Å². The van der Waals surface area contributed by atoms with Crippen molar-refractivity contribution >= 4 is 11.8 Å². The number of nitrogens with zero attached hydrogens (tertiary/aromatic N) is 2. The number of halogens is 2. The summed E-state index contributed by atoms with van der Waals surface area (Å²) in [5.74, 6) is -4.83. The summed E-state index contributed by atoms with van der Waals surface area (Å²) in [4.78, 5) is 27.5. The van der Waals surface area contributed by atoms with Crippen LogP contribution in [0.15, 0.2) is 24.3 Å². The zero-order valence-electron chi connectivity index (χ0n) is 16.5. The van der Waals surface area contributed by atoms with Gasteiger partial charge in [0, 0.05) is 37.8 Å². The molecule has 0 spiro atoms. The van der Waals surface area contributed by atoms with E-state index in [2.05, 4.69) is 17.3 Å². The lowest BCUT2D eigenvalue weighted by atomic mass is 9.97. The van der Waals surface area contributed by atoms with Gasteiger partial charge in [0.1, 0.15) is 5.75 Å². The quantitative estimate of drug-likeness (QED) is 0.800. The van der Waals surface area contributed by atoms with Crippen molar-refractivity contribution in [1.82, 2.24) is 15.1 Å². The maximum Gasteiger partial charge on any atom is 0.349 e. The van der Waals surface area contributed by atoms with E-state index in [9.17, 15) is 18.4 Å². The molecule has 0 aliphatic carbocycles. The number of alkyl halides is 2. The van der Waals surface area contributed by atoms with Gasteiger partial charge in [0.2, 0.25) is 0 Å². The number of nitrogens with one attached hydrogen (secondary N) is 1. The van der Waals surface area contributed by atoms with Gasteiger partial charge in [-0.2, -0.15) is 8.78 Å². The van der Waals surface area contributed by atoms with Crippen LogP contribution in [-0.2, 0) is 15.5 Å². The smallest absolute Gasteiger partial charge is 0.349 e. The zero-order chi connectivity index (χ0) is 20.5. The highest BCUT2D eigenvalue weighted by Crippen LogP contribution is 2.35. The van der Waals surface area contributed by atoms with Crippen LogP contribution in [0.1, 0.15) is 31.2 Å². The third-order valence-electron chi connectivity index (χ3n) is 5.80. The highest BCUT2D eigenvalue weighted by atomic mass is 19.3. The summed E-state index contributed by atoms with van der Waals surface area (Å²) in [5, 5.41) is 2.55. The second kappa shape index (κ2) is 8.03. The predicted octanol–water partition coefficient (Wildman–Crippen LogP) is 1.99. The summed E-state index contributed by atoms with van der Waals surface area (Å²) in [5.41, 5.74) is -0.396. The van der Waals surface area contributed by atoms with Crippen molar-refractivity contribution in [2.45, 2.75) is 49.7 Å². The van der Waals surface area contributed by atoms with E-state index in [0.29, 0.717) is 30.7 Å². The molecule has 28 heavy (non-hydrogen) atoms. The number of hydrogen-bond acceptors (Lipinski definition) is 4. The largest absolute Gasteiger partial charge is 0.484 e. The van der Waals surface area contributed by atoms with Gasteiger partial charge in [-0.1, -0.05) is 0 Å². The number of ether oxygens (including phenoxy) is 1. The predicted molar refractivity (Wildman–Crippen MR) is 100 cm³/mol. The van der Waals surface area contributed by atoms with Crippen molar-refractivity contribution in [3.05, 3.63) is 29.8 Å². The summed E-state index contributed by atoms with van der Waals surface area (Å²) >= 11 is 0. The number of hydrogen-bond donors (Lipinski definition) is 1. The SMILES string of the molecule is CN(C)C(=O)COc1ccc(C(F)(F)C(=O)NC2CC3CCC(C2)N3C)cc1. The highest BCUT2D eigenvalue weighted by molar-refractivity contribution is 5.85. The number of rotatable bonds is 6. The molecule has 2 aliphatic rings. The Labute approximate surface area is 163 Å². The number of fused-ring (bicyclic) bond motifs is 2. The molecule has 1 N–H and O–H groups in total. The first-order valence-corrected chi connectivity index (χ1v) is 9.52. The first kappa shape index (κ1) is 20.5. The van der Waals surface area contributed by atoms with E-state index in [0.717, 1.165) is 25.0 Å². The van der Waals surface area contributed by atoms with Gasteiger partial charge < -0.3 is 19.9 Å². The molecule has 8 heteroatoms. The van der Waals surface area contributed by atoms with Crippen LogP contribution in [0.5, 0.6) is 5.75 Å². The van der Waals surface area contributed by atoms with Crippen LogP contribution in [0.25, 0.3) is 0 Å². The van der Waals surface area contributed by atoms with Gasteiger partial charge in [-0.15, -0.1) is 0 Å². The zero-order valence-corrected chi connectivity index (χ0v) is 16.5. The lowest BCUT2D eigenvalue weighted by molar-refractivity contribution is -0.148. The van der Waals surface area contributed by atoms with Gasteiger partial charge in [0.05, 0.1) is 0 Å². The van der Waals surface area contributed by atoms with E-state index in [1.165, 1.54) is 17.0 Å². The number of carbonyl (C=O) groups excluding carboxylic acids is 2. The molecule has 2 fully saturated rings. The first-order valence-electron chi connectivity index (χ1n) is 9.52. The molecule has 2 aliphatic heterocycles. The van der Waals surface area contributed by atoms with Gasteiger partial charge in [-0.05, 0) is 57.0 Å². The number of benzene rings is 1. The fourth-order valence-corrected chi connectivity index (χ4v) is 3.97. The molecule has 2 atom stereocenters. The Morgan fingerprint density at radius 3 is 2.29 bits per heavy atom. The molecule has 0 radical (unpaired) electrons. The monoisotopic (exact) mass is 395 g/mol. The molecule has 0 aromatic heterocycles. The lowest BCUT2D eigenvalue weighted by Crippen LogP contribution is -2.51. The van der Waals surface area contributed by atoms with Crippen LogP contribution < -0.4 is 10.1 Å². The summed E-state index contributed by atoms with van der Waals surface area (Å²) in [7, 11) is 5.26. The first-order chi connectivity index (χ1) is 13.2. The van der Waals surface area contributed by atoms with E-state index in [1.54, 1.807) is 14.1 Å². The minimum absolute atomic E-state index is 0.179. The third kappa shape index (κ3) is 4.27. The third-order valence-corrected chi connectivity index (χ3v) is 5.80. The van der Waals surface area contributed by atoms with Gasteiger partial charge in [0.25, 0.3) is 11.8 Å². The molecule has 2 bridgehead atoms. The standard InChI is InChI=1S/C20H27F2N3O3/c1-24(2)18(26)12-28-17-8-4-13(5-9-17)20(21,22)19(27)23-14-10-15-6-7-16(11-14)25(15)3/h4-5,8-9,14-16H,6-7,10-12H2,1-3H3,(H,23,27). The number of amides is 2. The maximum absolute atomic E-state index is 14.6. The van der Waals surface area contributed by atoms with Gasteiger partial charge in [0.15, 0.2) is 6.61 Å². The van der Waals surface area contributed by atoms with E-state index in [4.69, 9.17) is 4.74 Å². The van der Waals surface area contributed by atoms with E-state index >= 15 is 0 Å². The fourth-order valence-electron chi connectivity index (χ4n) is 3.97. The lowest BCUT2D eigenvalue weighted by Gasteiger charge is -2.37. The molecule has 2 amide bonds. The second-order valence-electron chi connectivity index (χ2n) is 7.87. The van der Waals surface area contributed by atoms with Crippen molar-refractivity contribution in [3.63, 3.8) is 0 Å². The van der Waals surface area contributed by atoms with E-state index in [1.807, 2.05) is 0 Å². The van der Waals surface area contributed by atoms with Crippen molar-refractivity contribution in [1.29, 1.82) is 0 Å². The maximum atomic E-state index is 14.6. The van der Waals surface area contributed by atoms with Crippen LogP contribution in [0.2, 0.25) is 0 Å². The molecule has 154 valence electrons. The molecular formula is C20H27F2N3O3. The number of piperidine rings is 1. The number of carbonyl (C=O) groups is 2. The summed E-state index contributed by atoms with van der Waals surface area (Å²) in [6.07, 6.45) is 3.53. The molecule has 2 unspecified atom stereocenters. The topological polar surface area (TPSA) is 61.9 Å². The van der Waals surface area contributed by atoms with Gasteiger partial charge >= 0.3 is 5.92 Å². The molecule has 1 aromatic carbocycles. The Morgan fingerprint density at radius 2 is 1.75 bits per heavy atom. The van der Waals surface area contributed by atoms with Crippen molar-refractivity contribution < 1.29 is 23.1 Å². The molecule has 1 aromatic rings. The van der Waals surface area contributed by atoms with Gasteiger partial charge in [-0.3, -0.25) is 9.59 Å². The average molecular weight is 395 g/mol. The van der Waals surface area contributed by atoms with Crippen LogP contribution in [-0.4, -0.2) is 67.5 Å². The van der Waals surface area contributed by atoms with Crippen LogP contribution in [0.4, 0.5) is 8.78 Å². The minimum Gasteiger partial charge on any atom is -0.484 e. The molecule has 3 rings (SSSR count). The Balaban J connectivity index is 1.58. The molecule has 2 heterocycles. The summed E-state index contributed by atoms with van der Waals surface area (Å²) < 4.78 is 34.5. The van der Waals surface area contributed by atoms with Crippen molar-refractivity contribution in [2.75, 3.05) is 27.7 Å². The number of likely N-dealkylation sites (N-methyl/N-ethyl adjacent to an activating group) is 1.